The molecule has 2 heterocycles. The van der Waals surface area contributed by atoms with E-state index in [1.165, 1.54) is 43.1 Å². The molecule has 4 nitrogen and oxygen atoms in total. The van der Waals surface area contributed by atoms with Crippen LogP contribution in [-0.2, 0) is 6.61 Å². The Hall–Kier alpha value is -1.69. The molecule has 1 aliphatic rings. The first kappa shape index (κ1) is 15.2. The molecule has 0 radical (unpaired) electrons. The zero-order chi connectivity index (χ0) is 15.4. The van der Waals surface area contributed by atoms with Crippen molar-refractivity contribution in [3.8, 4) is 5.88 Å². The molecular weight excluding hydrogens is 301 g/mol. The SMILES string of the molecule is CCC1CCCCN1c1nsnc1OCc1ccc(F)cc1. The van der Waals surface area contributed by atoms with Gasteiger partial charge < -0.3 is 9.64 Å². The first-order chi connectivity index (χ1) is 10.8. The van der Waals surface area contributed by atoms with Crippen LogP contribution in [0.1, 0.15) is 38.2 Å². The number of benzene rings is 1. The van der Waals surface area contributed by atoms with Gasteiger partial charge >= 0.3 is 0 Å². The fourth-order valence-electron chi connectivity index (χ4n) is 2.88. The van der Waals surface area contributed by atoms with Crippen LogP contribution in [0.4, 0.5) is 10.2 Å². The van der Waals surface area contributed by atoms with E-state index in [0.29, 0.717) is 18.5 Å². The van der Waals surface area contributed by atoms with Gasteiger partial charge in [-0.25, -0.2) is 4.39 Å². The Bertz CT molecular complexity index is 602. The lowest BCUT2D eigenvalue weighted by Crippen LogP contribution is -2.39. The van der Waals surface area contributed by atoms with Crippen LogP contribution in [0.2, 0.25) is 0 Å². The Balaban J connectivity index is 1.70. The molecular formula is C16H20FN3OS. The number of hydrogen-bond donors (Lipinski definition) is 0. The van der Waals surface area contributed by atoms with Crippen molar-refractivity contribution in [1.29, 1.82) is 0 Å². The number of aromatic nitrogens is 2. The molecule has 0 N–H and O–H groups in total. The largest absolute Gasteiger partial charge is 0.470 e. The minimum atomic E-state index is -0.237. The minimum absolute atomic E-state index is 0.237. The molecule has 1 aromatic carbocycles. The van der Waals surface area contributed by atoms with Crippen LogP contribution in [0.15, 0.2) is 24.3 Å². The number of ether oxygens (including phenoxy) is 1. The summed E-state index contributed by atoms with van der Waals surface area (Å²) in [6.45, 7) is 3.60. The second kappa shape index (κ2) is 7.05. The Morgan fingerprint density at radius 3 is 2.86 bits per heavy atom. The fraction of sp³-hybridized carbons (Fsp3) is 0.500. The van der Waals surface area contributed by atoms with Gasteiger partial charge in [-0.05, 0) is 43.4 Å². The summed E-state index contributed by atoms with van der Waals surface area (Å²) >= 11 is 1.18. The van der Waals surface area contributed by atoms with Gasteiger partial charge in [0.2, 0.25) is 5.82 Å². The molecule has 1 fully saturated rings. The molecule has 1 aromatic heterocycles. The number of piperidine rings is 1. The van der Waals surface area contributed by atoms with Crippen molar-refractivity contribution in [3.05, 3.63) is 35.6 Å². The van der Waals surface area contributed by atoms with E-state index in [1.54, 1.807) is 12.1 Å². The van der Waals surface area contributed by atoms with E-state index in [2.05, 4.69) is 20.6 Å². The number of halogens is 1. The van der Waals surface area contributed by atoms with E-state index in [-0.39, 0.29) is 5.82 Å². The van der Waals surface area contributed by atoms with Crippen molar-refractivity contribution in [3.63, 3.8) is 0 Å². The van der Waals surface area contributed by atoms with Crippen LogP contribution in [0.3, 0.4) is 0 Å². The van der Waals surface area contributed by atoms with Crippen LogP contribution >= 0.6 is 11.7 Å². The molecule has 2 aromatic rings. The molecule has 118 valence electrons. The summed E-state index contributed by atoms with van der Waals surface area (Å²) in [4.78, 5) is 2.33. The maximum absolute atomic E-state index is 12.9. The highest BCUT2D eigenvalue weighted by molar-refractivity contribution is 6.99. The van der Waals surface area contributed by atoms with Gasteiger partial charge in [0.25, 0.3) is 5.88 Å². The average Bonchev–Trinajstić information content (AvgIpc) is 3.02. The third kappa shape index (κ3) is 3.38. The highest BCUT2D eigenvalue weighted by Gasteiger charge is 2.26. The Morgan fingerprint density at radius 2 is 2.09 bits per heavy atom. The van der Waals surface area contributed by atoms with Crippen LogP contribution in [0.5, 0.6) is 5.88 Å². The van der Waals surface area contributed by atoms with Crippen molar-refractivity contribution in [2.45, 2.75) is 45.3 Å². The van der Waals surface area contributed by atoms with Gasteiger partial charge in [0.1, 0.15) is 12.4 Å². The van der Waals surface area contributed by atoms with E-state index >= 15 is 0 Å². The molecule has 1 unspecified atom stereocenters. The quantitative estimate of drug-likeness (QED) is 0.833. The molecule has 3 rings (SSSR count). The van der Waals surface area contributed by atoms with E-state index in [4.69, 9.17) is 4.74 Å². The van der Waals surface area contributed by atoms with Gasteiger partial charge in [0.05, 0.1) is 11.7 Å². The van der Waals surface area contributed by atoms with Crippen molar-refractivity contribution >= 4 is 17.5 Å². The van der Waals surface area contributed by atoms with Crippen molar-refractivity contribution in [2.24, 2.45) is 0 Å². The molecule has 0 amide bonds. The van der Waals surface area contributed by atoms with Gasteiger partial charge in [-0.1, -0.05) is 19.1 Å². The molecule has 0 aliphatic carbocycles. The van der Waals surface area contributed by atoms with Gasteiger partial charge in [0, 0.05) is 12.6 Å². The minimum Gasteiger partial charge on any atom is -0.470 e. The summed E-state index contributed by atoms with van der Waals surface area (Å²) in [7, 11) is 0. The van der Waals surface area contributed by atoms with Crippen molar-refractivity contribution in [2.75, 3.05) is 11.4 Å². The summed E-state index contributed by atoms with van der Waals surface area (Å²) in [5.41, 5.74) is 0.922. The van der Waals surface area contributed by atoms with Gasteiger partial charge in [-0.2, -0.15) is 4.37 Å². The lowest BCUT2D eigenvalue weighted by molar-refractivity contribution is 0.294. The first-order valence-electron chi connectivity index (χ1n) is 7.74. The van der Waals surface area contributed by atoms with Crippen molar-refractivity contribution < 1.29 is 9.13 Å². The topological polar surface area (TPSA) is 38.2 Å². The molecule has 1 aliphatic heterocycles. The Labute approximate surface area is 134 Å². The molecule has 0 spiro atoms. The number of rotatable bonds is 5. The van der Waals surface area contributed by atoms with Gasteiger partial charge in [-0.3, -0.25) is 0 Å². The van der Waals surface area contributed by atoms with Gasteiger partial charge in [-0.15, -0.1) is 4.37 Å². The molecule has 22 heavy (non-hydrogen) atoms. The van der Waals surface area contributed by atoms with Crippen LogP contribution < -0.4 is 9.64 Å². The predicted molar refractivity (Wildman–Crippen MR) is 85.9 cm³/mol. The number of nitrogens with zero attached hydrogens (tertiary/aromatic N) is 3. The fourth-order valence-corrected chi connectivity index (χ4v) is 3.39. The second-order valence-electron chi connectivity index (χ2n) is 5.56. The maximum atomic E-state index is 12.9. The second-order valence-corrected chi connectivity index (χ2v) is 6.09. The molecule has 1 atom stereocenters. The zero-order valence-corrected chi connectivity index (χ0v) is 13.5. The summed E-state index contributed by atoms with van der Waals surface area (Å²) in [6, 6.07) is 6.85. The highest BCUT2D eigenvalue weighted by atomic mass is 32.1. The molecule has 0 saturated carbocycles. The average molecular weight is 321 g/mol. The summed E-state index contributed by atoms with van der Waals surface area (Å²) in [6.07, 6.45) is 4.77. The monoisotopic (exact) mass is 321 g/mol. The van der Waals surface area contributed by atoms with Crippen molar-refractivity contribution in [1.82, 2.24) is 8.75 Å². The molecule has 0 bridgehead atoms. The van der Waals surface area contributed by atoms with E-state index in [1.807, 2.05) is 0 Å². The van der Waals surface area contributed by atoms with E-state index < -0.39 is 0 Å². The van der Waals surface area contributed by atoms with Crippen LogP contribution in [0.25, 0.3) is 0 Å². The predicted octanol–water partition coefficient (Wildman–Crippen LogP) is 4.03. The molecule has 6 heteroatoms. The summed E-state index contributed by atoms with van der Waals surface area (Å²) in [5.74, 6) is 1.22. The summed E-state index contributed by atoms with van der Waals surface area (Å²) in [5, 5.41) is 0. The number of hydrogen-bond acceptors (Lipinski definition) is 5. The zero-order valence-electron chi connectivity index (χ0n) is 12.7. The van der Waals surface area contributed by atoms with E-state index in [9.17, 15) is 4.39 Å². The summed E-state index contributed by atoms with van der Waals surface area (Å²) < 4.78 is 27.5. The Morgan fingerprint density at radius 1 is 1.27 bits per heavy atom. The lowest BCUT2D eigenvalue weighted by atomic mass is 10.0. The smallest absolute Gasteiger partial charge is 0.271 e. The first-order valence-corrected chi connectivity index (χ1v) is 8.47. The third-order valence-electron chi connectivity index (χ3n) is 4.10. The Kier molecular flexibility index (Phi) is 4.87. The van der Waals surface area contributed by atoms with Crippen LogP contribution in [0, 0.1) is 5.82 Å². The molecule has 1 saturated heterocycles. The standard InChI is InChI=1S/C16H20FN3OS/c1-2-14-5-3-4-10-20(14)15-16(19-22-18-15)21-11-12-6-8-13(17)9-7-12/h6-9,14H,2-5,10-11H2,1H3. The maximum Gasteiger partial charge on any atom is 0.271 e. The van der Waals surface area contributed by atoms with Gasteiger partial charge in [0.15, 0.2) is 0 Å². The third-order valence-corrected chi connectivity index (χ3v) is 4.60. The number of anilines is 1. The normalized spacial score (nSPS) is 18.5. The highest BCUT2D eigenvalue weighted by Crippen LogP contribution is 2.32. The lowest BCUT2D eigenvalue weighted by Gasteiger charge is -2.35. The van der Waals surface area contributed by atoms with E-state index in [0.717, 1.165) is 24.3 Å². The van der Waals surface area contributed by atoms with Crippen LogP contribution in [-0.4, -0.2) is 21.3 Å².